The van der Waals surface area contributed by atoms with Crippen LogP contribution in [0, 0.1) is 11.1 Å². The lowest BCUT2D eigenvalue weighted by molar-refractivity contribution is 0.626. The van der Waals surface area contributed by atoms with Crippen molar-refractivity contribution in [1.82, 2.24) is 0 Å². The minimum atomic E-state index is -0.236. The second kappa shape index (κ2) is 3.49. The third kappa shape index (κ3) is 2.06. The van der Waals surface area contributed by atoms with Crippen molar-refractivity contribution >= 4 is 31.9 Å². The average Bonchev–Trinajstić information content (AvgIpc) is 1.85. The molecular weight excluding hydrogens is 263 g/mol. The van der Waals surface area contributed by atoms with Crippen molar-refractivity contribution in [2.45, 2.75) is 0 Å². The summed E-state index contributed by atoms with van der Waals surface area (Å²) in [6, 6.07) is 4.68. The predicted octanol–water partition coefficient (Wildman–Crippen LogP) is 3.49. The van der Waals surface area contributed by atoms with Crippen LogP contribution in [0.2, 0.25) is 0 Å². The van der Waals surface area contributed by atoms with Gasteiger partial charge >= 0.3 is 0 Å². The Hall–Kier alpha value is 0.110. The van der Waals surface area contributed by atoms with E-state index in [9.17, 15) is 4.39 Å². The van der Waals surface area contributed by atoms with Gasteiger partial charge in [-0.2, -0.15) is 0 Å². The number of benzene rings is 1. The summed E-state index contributed by atoms with van der Waals surface area (Å²) in [5.74, 6) is -0.236. The lowest BCUT2D eigenvalue weighted by Crippen LogP contribution is -1.78. The summed E-state index contributed by atoms with van der Waals surface area (Å²) in [5, 5.41) is 1.67. The SMILES string of the molecule is Fc1cc(Br)cc([CH]Br)c1. The van der Waals surface area contributed by atoms with Crippen LogP contribution in [-0.4, -0.2) is 0 Å². The van der Waals surface area contributed by atoms with Crippen LogP contribution in [0.4, 0.5) is 4.39 Å². The van der Waals surface area contributed by atoms with Gasteiger partial charge in [-0.15, -0.1) is 0 Å². The van der Waals surface area contributed by atoms with E-state index in [1.54, 1.807) is 5.33 Å². The fraction of sp³-hybridized carbons (Fsp3) is 0. The lowest BCUT2D eigenvalue weighted by atomic mass is 10.2. The fourth-order valence-electron chi connectivity index (χ4n) is 0.638. The standard InChI is InChI=1S/C7H4Br2F/c8-4-5-1-6(9)3-7(10)2-5/h1-4H. The molecule has 0 N–H and O–H groups in total. The van der Waals surface area contributed by atoms with E-state index in [-0.39, 0.29) is 5.82 Å². The highest BCUT2D eigenvalue weighted by Gasteiger charge is 1.96. The molecule has 0 saturated carbocycles. The zero-order valence-electron chi connectivity index (χ0n) is 4.94. The van der Waals surface area contributed by atoms with E-state index in [1.807, 2.05) is 6.07 Å². The Morgan fingerprint density at radius 1 is 1.30 bits per heavy atom. The van der Waals surface area contributed by atoms with Gasteiger partial charge in [-0.3, -0.25) is 0 Å². The molecule has 0 bridgehead atoms. The summed E-state index contributed by atoms with van der Waals surface area (Å²) in [4.78, 5) is 0. The largest absolute Gasteiger partial charge is 0.207 e. The summed E-state index contributed by atoms with van der Waals surface area (Å²) in [6.45, 7) is 0. The van der Waals surface area contributed by atoms with Gasteiger partial charge in [0, 0.05) is 4.47 Å². The van der Waals surface area contributed by atoms with Crippen LogP contribution < -0.4 is 0 Å². The highest BCUT2D eigenvalue weighted by molar-refractivity contribution is 9.11. The van der Waals surface area contributed by atoms with Crippen LogP contribution in [0.15, 0.2) is 22.7 Å². The highest BCUT2D eigenvalue weighted by Crippen LogP contribution is 2.17. The number of rotatable bonds is 1. The van der Waals surface area contributed by atoms with Crippen LogP contribution in [-0.2, 0) is 0 Å². The maximum absolute atomic E-state index is 12.5. The van der Waals surface area contributed by atoms with Gasteiger partial charge in [0.2, 0.25) is 0 Å². The zero-order chi connectivity index (χ0) is 7.56. The molecule has 0 nitrogen and oxygen atoms in total. The molecule has 0 amide bonds. The van der Waals surface area contributed by atoms with E-state index in [0.717, 1.165) is 10.0 Å². The Morgan fingerprint density at radius 3 is 2.50 bits per heavy atom. The minimum absolute atomic E-state index is 0.236. The first kappa shape index (κ1) is 8.21. The van der Waals surface area contributed by atoms with Gasteiger partial charge in [0.25, 0.3) is 0 Å². The first-order valence-corrected chi connectivity index (χ1v) is 4.33. The molecule has 0 heterocycles. The van der Waals surface area contributed by atoms with Crippen molar-refractivity contribution in [1.29, 1.82) is 0 Å². The molecule has 0 unspecified atom stereocenters. The molecule has 1 radical (unpaired) electrons. The smallest absolute Gasteiger partial charge is 0.124 e. The number of hydrogen-bond acceptors (Lipinski definition) is 0. The molecule has 53 valence electrons. The van der Waals surface area contributed by atoms with E-state index >= 15 is 0 Å². The van der Waals surface area contributed by atoms with Gasteiger partial charge < -0.3 is 0 Å². The molecule has 0 aliphatic heterocycles. The van der Waals surface area contributed by atoms with Gasteiger partial charge in [-0.25, -0.2) is 4.39 Å². The monoisotopic (exact) mass is 265 g/mol. The Bertz CT molecular complexity index is 215. The van der Waals surface area contributed by atoms with E-state index in [4.69, 9.17) is 0 Å². The molecule has 0 aliphatic rings. The Kier molecular flexibility index (Phi) is 2.86. The summed E-state index contributed by atoms with van der Waals surface area (Å²) in [7, 11) is 0. The van der Waals surface area contributed by atoms with Crippen molar-refractivity contribution < 1.29 is 4.39 Å². The minimum Gasteiger partial charge on any atom is -0.207 e. The van der Waals surface area contributed by atoms with Crippen LogP contribution >= 0.6 is 31.9 Å². The molecule has 0 atom stereocenters. The molecule has 3 heteroatoms. The maximum Gasteiger partial charge on any atom is 0.124 e. The summed E-state index contributed by atoms with van der Waals surface area (Å²) >= 11 is 6.29. The fourth-order valence-corrected chi connectivity index (χ4v) is 1.39. The Morgan fingerprint density at radius 2 is 2.00 bits per heavy atom. The lowest BCUT2D eigenvalue weighted by Gasteiger charge is -1.95. The molecule has 1 rings (SSSR count). The van der Waals surface area contributed by atoms with Crippen molar-refractivity contribution in [3.8, 4) is 0 Å². The van der Waals surface area contributed by atoms with E-state index in [1.165, 1.54) is 12.1 Å². The Balaban J connectivity index is 3.06. The summed E-state index contributed by atoms with van der Waals surface area (Å²) in [5.41, 5.74) is 0.812. The maximum atomic E-state index is 12.5. The predicted molar refractivity (Wildman–Crippen MR) is 46.4 cm³/mol. The third-order valence-corrected chi connectivity index (χ3v) is 2.00. The van der Waals surface area contributed by atoms with Gasteiger partial charge in [-0.1, -0.05) is 31.9 Å². The molecule has 0 aromatic heterocycles. The topological polar surface area (TPSA) is 0 Å². The van der Waals surface area contributed by atoms with E-state index < -0.39 is 0 Å². The van der Waals surface area contributed by atoms with Crippen LogP contribution in [0.5, 0.6) is 0 Å². The zero-order valence-corrected chi connectivity index (χ0v) is 8.12. The molecule has 0 saturated heterocycles. The average molecular weight is 267 g/mol. The second-order valence-corrected chi connectivity index (χ2v) is 3.19. The molecule has 0 fully saturated rings. The van der Waals surface area contributed by atoms with Gasteiger partial charge in [0.1, 0.15) is 5.82 Å². The second-order valence-electron chi connectivity index (χ2n) is 1.81. The first-order chi connectivity index (χ1) is 4.72. The molecular formula is C7H4Br2F. The third-order valence-electron chi connectivity index (χ3n) is 1.01. The number of halogens is 3. The first-order valence-electron chi connectivity index (χ1n) is 2.62. The normalized spacial score (nSPS) is 9.90. The molecule has 10 heavy (non-hydrogen) atoms. The van der Waals surface area contributed by atoms with Gasteiger partial charge in [-0.05, 0) is 23.8 Å². The van der Waals surface area contributed by atoms with E-state index in [2.05, 4.69) is 31.9 Å². The van der Waals surface area contributed by atoms with Gasteiger partial charge in [0.05, 0.1) is 5.33 Å². The summed E-state index contributed by atoms with van der Waals surface area (Å²) in [6.07, 6.45) is 0. The summed E-state index contributed by atoms with van der Waals surface area (Å²) < 4.78 is 13.3. The van der Waals surface area contributed by atoms with Gasteiger partial charge in [0.15, 0.2) is 0 Å². The van der Waals surface area contributed by atoms with Crippen LogP contribution in [0.1, 0.15) is 5.56 Å². The van der Waals surface area contributed by atoms with E-state index in [0.29, 0.717) is 0 Å². The quantitative estimate of drug-likeness (QED) is 0.730. The van der Waals surface area contributed by atoms with Crippen molar-refractivity contribution in [2.24, 2.45) is 0 Å². The van der Waals surface area contributed by atoms with Crippen LogP contribution in [0.25, 0.3) is 0 Å². The van der Waals surface area contributed by atoms with Crippen molar-refractivity contribution in [3.05, 3.63) is 39.4 Å². The molecule has 0 aliphatic carbocycles. The Labute approximate surface area is 75.7 Å². The molecule has 1 aromatic carbocycles. The molecule has 0 spiro atoms. The van der Waals surface area contributed by atoms with Crippen molar-refractivity contribution in [2.75, 3.05) is 0 Å². The molecule has 1 aromatic rings. The highest BCUT2D eigenvalue weighted by atomic mass is 79.9. The number of hydrogen-bond donors (Lipinski definition) is 0. The van der Waals surface area contributed by atoms with Crippen LogP contribution in [0.3, 0.4) is 0 Å². The van der Waals surface area contributed by atoms with Crippen molar-refractivity contribution in [3.63, 3.8) is 0 Å².